The lowest BCUT2D eigenvalue weighted by molar-refractivity contribution is 0.425. The van der Waals surface area contributed by atoms with Crippen LogP contribution in [0, 0.1) is 6.92 Å². The van der Waals surface area contributed by atoms with Crippen LogP contribution >= 0.6 is 11.3 Å². The van der Waals surface area contributed by atoms with Crippen molar-refractivity contribution in [3.63, 3.8) is 0 Å². The molecule has 0 radical (unpaired) electrons. The maximum absolute atomic E-state index is 4.65. The summed E-state index contributed by atoms with van der Waals surface area (Å²) < 4.78 is 0. The molecule has 0 unspecified atom stereocenters. The number of rotatable bonds is 3. The normalized spacial score (nSPS) is 17.1. The molecule has 0 spiro atoms. The van der Waals surface area contributed by atoms with Crippen molar-refractivity contribution in [1.82, 2.24) is 10.3 Å². The molecule has 1 aromatic heterocycles. The summed E-state index contributed by atoms with van der Waals surface area (Å²) in [4.78, 5) is 6.06. The molecule has 1 saturated carbocycles. The highest BCUT2D eigenvalue weighted by Gasteiger charge is 2.27. The van der Waals surface area contributed by atoms with Crippen LogP contribution in [0.4, 0.5) is 0 Å². The van der Waals surface area contributed by atoms with E-state index < -0.39 is 0 Å². The summed E-state index contributed by atoms with van der Waals surface area (Å²) in [5.74, 6) is 0.789. The SMILES string of the molecule is Cc1nc(C2CC2)sc1CNC(C)(C)C. The fourth-order valence-corrected chi connectivity index (χ4v) is 2.64. The fraction of sp³-hybridized carbons (Fsp3) is 0.750. The van der Waals surface area contributed by atoms with Gasteiger partial charge in [-0.2, -0.15) is 0 Å². The second-order valence-corrected chi connectivity index (χ2v) is 6.55. The summed E-state index contributed by atoms with van der Waals surface area (Å²) in [6.45, 7) is 9.68. The first-order valence-electron chi connectivity index (χ1n) is 5.67. The number of hydrogen-bond donors (Lipinski definition) is 1. The minimum atomic E-state index is 0.191. The van der Waals surface area contributed by atoms with Gasteiger partial charge in [-0.25, -0.2) is 4.98 Å². The van der Waals surface area contributed by atoms with E-state index in [-0.39, 0.29) is 5.54 Å². The molecule has 1 aliphatic carbocycles. The zero-order chi connectivity index (χ0) is 11.1. The Kier molecular flexibility index (Phi) is 2.86. The lowest BCUT2D eigenvalue weighted by atomic mass is 10.1. The van der Waals surface area contributed by atoms with Gasteiger partial charge in [-0.1, -0.05) is 0 Å². The first-order chi connectivity index (χ1) is 6.96. The molecule has 3 heteroatoms. The highest BCUT2D eigenvalue weighted by Crippen LogP contribution is 2.42. The van der Waals surface area contributed by atoms with Gasteiger partial charge in [-0.05, 0) is 40.5 Å². The van der Waals surface area contributed by atoms with Crippen molar-refractivity contribution in [3.05, 3.63) is 15.6 Å². The van der Waals surface area contributed by atoms with Crippen LogP contribution < -0.4 is 5.32 Å². The van der Waals surface area contributed by atoms with Gasteiger partial charge < -0.3 is 5.32 Å². The minimum absolute atomic E-state index is 0.191. The number of nitrogens with one attached hydrogen (secondary N) is 1. The van der Waals surface area contributed by atoms with Gasteiger partial charge in [0.25, 0.3) is 0 Å². The number of aryl methyl sites for hydroxylation is 1. The number of aromatic nitrogens is 1. The van der Waals surface area contributed by atoms with E-state index in [1.54, 1.807) is 0 Å². The molecule has 0 atom stereocenters. The van der Waals surface area contributed by atoms with Gasteiger partial charge in [-0.15, -0.1) is 11.3 Å². The average Bonchev–Trinajstić information content (AvgIpc) is 2.87. The van der Waals surface area contributed by atoms with Gasteiger partial charge in [0.05, 0.1) is 10.7 Å². The Balaban J connectivity index is 2.01. The van der Waals surface area contributed by atoms with Crippen LogP contribution in [0.25, 0.3) is 0 Å². The molecule has 0 aliphatic heterocycles. The maximum Gasteiger partial charge on any atom is 0.0962 e. The fourth-order valence-electron chi connectivity index (χ4n) is 1.46. The van der Waals surface area contributed by atoms with Crippen LogP contribution in [-0.2, 0) is 6.54 Å². The van der Waals surface area contributed by atoms with Crippen LogP contribution in [0.1, 0.15) is 55.1 Å². The second kappa shape index (κ2) is 3.87. The topological polar surface area (TPSA) is 24.9 Å². The molecule has 84 valence electrons. The van der Waals surface area contributed by atoms with E-state index in [0.29, 0.717) is 0 Å². The molecule has 0 aromatic carbocycles. The third-order valence-electron chi connectivity index (χ3n) is 2.62. The largest absolute Gasteiger partial charge is 0.307 e. The molecule has 1 heterocycles. The van der Waals surface area contributed by atoms with Gasteiger partial charge in [-0.3, -0.25) is 0 Å². The van der Waals surface area contributed by atoms with Crippen LogP contribution in [0.3, 0.4) is 0 Å². The van der Waals surface area contributed by atoms with Gasteiger partial charge in [0.15, 0.2) is 0 Å². The maximum atomic E-state index is 4.65. The van der Waals surface area contributed by atoms with Crippen molar-refractivity contribution in [1.29, 1.82) is 0 Å². The average molecular weight is 224 g/mol. The second-order valence-electron chi connectivity index (χ2n) is 5.44. The third-order valence-corrected chi connectivity index (χ3v) is 3.93. The zero-order valence-corrected chi connectivity index (χ0v) is 10.9. The standard InChI is InChI=1S/C12H20N2S/c1-8-10(7-13-12(2,3)4)15-11(14-8)9-5-6-9/h9,13H,5-7H2,1-4H3. The first-order valence-corrected chi connectivity index (χ1v) is 6.48. The Hall–Kier alpha value is -0.410. The Labute approximate surface area is 96.1 Å². The van der Waals surface area contributed by atoms with E-state index in [9.17, 15) is 0 Å². The Morgan fingerprint density at radius 2 is 2.07 bits per heavy atom. The van der Waals surface area contributed by atoms with E-state index in [0.717, 1.165) is 12.5 Å². The summed E-state index contributed by atoms with van der Waals surface area (Å²) in [6, 6.07) is 0. The molecular formula is C12H20N2S. The monoisotopic (exact) mass is 224 g/mol. The van der Waals surface area contributed by atoms with Crippen molar-refractivity contribution >= 4 is 11.3 Å². The molecule has 1 N–H and O–H groups in total. The predicted octanol–water partition coefficient (Wildman–Crippen LogP) is 3.22. The van der Waals surface area contributed by atoms with Gasteiger partial charge in [0.1, 0.15) is 0 Å². The van der Waals surface area contributed by atoms with Gasteiger partial charge in [0, 0.05) is 22.9 Å². The number of thiazole rings is 1. The van der Waals surface area contributed by atoms with Crippen LogP contribution in [-0.4, -0.2) is 10.5 Å². The molecule has 1 fully saturated rings. The molecule has 0 saturated heterocycles. The third kappa shape index (κ3) is 3.02. The van der Waals surface area contributed by atoms with Crippen LogP contribution in [0.15, 0.2) is 0 Å². The van der Waals surface area contributed by atoms with Crippen molar-refractivity contribution < 1.29 is 0 Å². The van der Waals surface area contributed by atoms with Gasteiger partial charge in [0.2, 0.25) is 0 Å². The Bertz CT molecular complexity index is 345. The Morgan fingerprint density at radius 3 is 2.60 bits per heavy atom. The number of nitrogens with zero attached hydrogens (tertiary/aromatic N) is 1. The molecule has 15 heavy (non-hydrogen) atoms. The molecule has 1 aromatic rings. The van der Waals surface area contributed by atoms with E-state index in [2.05, 4.69) is 38.0 Å². The quantitative estimate of drug-likeness (QED) is 0.852. The zero-order valence-electron chi connectivity index (χ0n) is 10.1. The number of hydrogen-bond acceptors (Lipinski definition) is 3. The molecule has 2 rings (SSSR count). The molecule has 0 bridgehead atoms. The molecule has 0 amide bonds. The highest BCUT2D eigenvalue weighted by molar-refractivity contribution is 7.11. The predicted molar refractivity (Wildman–Crippen MR) is 65.4 cm³/mol. The summed E-state index contributed by atoms with van der Waals surface area (Å²) in [5.41, 5.74) is 1.41. The van der Waals surface area contributed by atoms with Crippen molar-refractivity contribution in [3.8, 4) is 0 Å². The van der Waals surface area contributed by atoms with E-state index in [1.807, 2.05) is 11.3 Å². The van der Waals surface area contributed by atoms with E-state index in [1.165, 1.54) is 28.4 Å². The summed E-state index contributed by atoms with van der Waals surface area (Å²) in [5, 5.41) is 4.88. The van der Waals surface area contributed by atoms with Crippen LogP contribution in [0.2, 0.25) is 0 Å². The Morgan fingerprint density at radius 1 is 1.40 bits per heavy atom. The van der Waals surface area contributed by atoms with Crippen LogP contribution in [0.5, 0.6) is 0 Å². The minimum Gasteiger partial charge on any atom is -0.307 e. The molecule has 2 nitrogen and oxygen atoms in total. The van der Waals surface area contributed by atoms with Crippen molar-refractivity contribution in [2.45, 2.75) is 58.5 Å². The van der Waals surface area contributed by atoms with Crippen molar-refractivity contribution in [2.75, 3.05) is 0 Å². The van der Waals surface area contributed by atoms with E-state index >= 15 is 0 Å². The first kappa shape index (κ1) is 11.1. The van der Waals surface area contributed by atoms with E-state index in [4.69, 9.17) is 0 Å². The summed E-state index contributed by atoms with van der Waals surface area (Å²) >= 11 is 1.90. The highest BCUT2D eigenvalue weighted by atomic mass is 32.1. The smallest absolute Gasteiger partial charge is 0.0962 e. The summed E-state index contributed by atoms with van der Waals surface area (Å²) in [6.07, 6.45) is 2.69. The lowest BCUT2D eigenvalue weighted by Gasteiger charge is -2.19. The lowest BCUT2D eigenvalue weighted by Crippen LogP contribution is -2.34. The molecular weight excluding hydrogens is 204 g/mol. The summed E-state index contributed by atoms with van der Waals surface area (Å²) in [7, 11) is 0. The molecule has 1 aliphatic rings. The van der Waals surface area contributed by atoms with Gasteiger partial charge >= 0.3 is 0 Å². The van der Waals surface area contributed by atoms with Crippen molar-refractivity contribution in [2.24, 2.45) is 0 Å².